The van der Waals surface area contributed by atoms with E-state index in [2.05, 4.69) is 302 Å². The molecule has 0 aromatic heterocycles. The summed E-state index contributed by atoms with van der Waals surface area (Å²) in [6.07, 6.45) is 0. The maximum Gasteiger partial charge on any atom is 0.0714 e. The van der Waals surface area contributed by atoms with Crippen molar-refractivity contribution >= 4 is 49.4 Å². The number of hydrogen-bond donors (Lipinski definition) is 0. The third-order valence-electron chi connectivity index (χ3n) is 15.5. The molecule has 0 heterocycles. The third kappa shape index (κ3) is 6.93. The molecule has 0 radical (unpaired) electrons. The summed E-state index contributed by atoms with van der Waals surface area (Å²) in [5.74, 6) is 0. The molecule has 0 spiro atoms. The SMILES string of the molecule is c1ccc(-c2ccc(-c3ccc(N(c4cccc5c4-c4ccccc4C5(c4ccccc4)c4ccccc4)c4c(-c5ccc6ccccc6c5)c5ccccc5c5ccccc45)cc3-c3ccccc3)cc2)cc1. The Labute approximate surface area is 432 Å². The Bertz CT molecular complexity index is 4180. The van der Waals surface area contributed by atoms with Gasteiger partial charge in [0.05, 0.1) is 16.8 Å². The lowest BCUT2D eigenvalue weighted by Crippen LogP contribution is -2.28. The average molecular weight is 940 g/mol. The Morgan fingerprint density at radius 2 is 0.757 bits per heavy atom. The molecule has 1 aliphatic rings. The average Bonchev–Trinajstić information content (AvgIpc) is 3.81. The van der Waals surface area contributed by atoms with Crippen molar-refractivity contribution in [3.8, 4) is 55.6 Å². The minimum atomic E-state index is -0.590. The Balaban J connectivity index is 1.12. The van der Waals surface area contributed by atoms with E-state index in [0.29, 0.717) is 0 Å². The molecule has 13 aromatic rings. The summed E-state index contributed by atoms with van der Waals surface area (Å²) in [6, 6.07) is 110. The first-order chi connectivity index (χ1) is 36.7. The maximum absolute atomic E-state index is 2.62. The van der Waals surface area contributed by atoms with Crippen LogP contribution in [0.4, 0.5) is 17.1 Å². The van der Waals surface area contributed by atoms with Crippen LogP contribution in [0.25, 0.3) is 88.0 Å². The quantitative estimate of drug-likeness (QED) is 0.130. The number of nitrogens with zero attached hydrogens (tertiary/aromatic N) is 1. The van der Waals surface area contributed by atoms with Crippen molar-refractivity contribution in [2.24, 2.45) is 0 Å². The van der Waals surface area contributed by atoms with Crippen molar-refractivity contribution in [1.29, 1.82) is 0 Å². The van der Waals surface area contributed by atoms with Gasteiger partial charge >= 0.3 is 0 Å². The van der Waals surface area contributed by atoms with Crippen LogP contribution in [0.2, 0.25) is 0 Å². The van der Waals surface area contributed by atoms with E-state index in [9.17, 15) is 0 Å². The van der Waals surface area contributed by atoms with E-state index in [-0.39, 0.29) is 0 Å². The molecule has 0 aliphatic heterocycles. The smallest absolute Gasteiger partial charge is 0.0714 e. The minimum Gasteiger partial charge on any atom is -0.309 e. The van der Waals surface area contributed by atoms with Gasteiger partial charge in [0.2, 0.25) is 0 Å². The first kappa shape index (κ1) is 43.2. The predicted molar refractivity (Wildman–Crippen MR) is 313 cm³/mol. The van der Waals surface area contributed by atoms with E-state index in [1.807, 2.05) is 0 Å². The summed E-state index contributed by atoms with van der Waals surface area (Å²) in [4.78, 5) is 2.62. The summed E-state index contributed by atoms with van der Waals surface area (Å²) in [5, 5.41) is 7.24. The monoisotopic (exact) mass is 939 g/mol. The van der Waals surface area contributed by atoms with Crippen LogP contribution in [0.5, 0.6) is 0 Å². The van der Waals surface area contributed by atoms with Crippen LogP contribution in [0.1, 0.15) is 22.3 Å². The fourth-order valence-corrected chi connectivity index (χ4v) is 12.3. The number of anilines is 3. The molecular weight excluding hydrogens is 891 g/mol. The Kier molecular flexibility index (Phi) is 10.5. The van der Waals surface area contributed by atoms with Crippen LogP contribution in [0, 0.1) is 0 Å². The van der Waals surface area contributed by atoms with Crippen molar-refractivity contribution in [2.45, 2.75) is 5.41 Å². The first-order valence-corrected chi connectivity index (χ1v) is 25.7. The molecule has 0 fully saturated rings. The van der Waals surface area contributed by atoms with Gasteiger partial charge in [-0.2, -0.15) is 0 Å². The largest absolute Gasteiger partial charge is 0.309 e. The predicted octanol–water partition coefficient (Wildman–Crippen LogP) is 19.6. The molecule has 346 valence electrons. The molecule has 1 nitrogen and oxygen atoms in total. The normalized spacial score (nSPS) is 12.4. The summed E-state index contributed by atoms with van der Waals surface area (Å²) in [7, 11) is 0. The van der Waals surface area contributed by atoms with Gasteiger partial charge < -0.3 is 4.90 Å². The number of hydrogen-bond acceptors (Lipinski definition) is 1. The molecule has 1 aliphatic carbocycles. The molecule has 14 rings (SSSR count). The topological polar surface area (TPSA) is 3.24 Å². The van der Waals surface area contributed by atoms with Crippen molar-refractivity contribution in [3.05, 3.63) is 320 Å². The van der Waals surface area contributed by atoms with Crippen molar-refractivity contribution in [1.82, 2.24) is 0 Å². The molecule has 0 bridgehead atoms. The Hall–Kier alpha value is -9.56. The zero-order chi connectivity index (χ0) is 49.0. The van der Waals surface area contributed by atoms with E-state index in [0.717, 1.165) is 28.2 Å². The van der Waals surface area contributed by atoms with E-state index in [1.165, 1.54) is 99.1 Å². The molecule has 0 amide bonds. The van der Waals surface area contributed by atoms with Crippen LogP contribution < -0.4 is 4.90 Å². The minimum absolute atomic E-state index is 0.590. The van der Waals surface area contributed by atoms with Crippen LogP contribution in [0.3, 0.4) is 0 Å². The Morgan fingerprint density at radius 3 is 1.46 bits per heavy atom. The highest BCUT2D eigenvalue weighted by atomic mass is 15.2. The molecule has 0 unspecified atom stereocenters. The van der Waals surface area contributed by atoms with Crippen LogP contribution in [-0.4, -0.2) is 0 Å². The van der Waals surface area contributed by atoms with E-state index in [4.69, 9.17) is 0 Å². The summed E-state index contributed by atoms with van der Waals surface area (Å²) in [5.41, 5.74) is 19.6. The van der Waals surface area contributed by atoms with Crippen molar-refractivity contribution in [3.63, 3.8) is 0 Å². The molecular formula is C73H49N. The zero-order valence-electron chi connectivity index (χ0n) is 40.7. The number of benzene rings is 13. The summed E-state index contributed by atoms with van der Waals surface area (Å²) >= 11 is 0. The molecule has 74 heavy (non-hydrogen) atoms. The number of rotatable bonds is 9. The lowest BCUT2D eigenvalue weighted by molar-refractivity contribution is 0.768. The first-order valence-electron chi connectivity index (χ1n) is 25.7. The van der Waals surface area contributed by atoms with Gasteiger partial charge in [0.25, 0.3) is 0 Å². The highest BCUT2D eigenvalue weighted by molar-refractivity contribution is 6.23. The zero-order valence-corrected chi connectivity index (χ0v) is 40.7. The molecule has 0 N–H and O–H groups in total. The Morgan fingerprint density at radius 1 is 0.257 bits per heavy atom. The molecule has 0 saturated carbocycles. The highest BCUT2D eigenvalue weighted by Gasteiger charge is 2.47. The van der Waals surface area contributed by atoms with Gasteiger partial charge in [-0.15, -0.1) is 0 Å². The molecule has 1 heteroatoms. The van der Waals surface area contributed by atoms with E-state index in [1.54, 1.807) is 0 Å². The van der Waals surface area contributed by atoms with E-state index < -0.39 is 5.41 Å². The van der Waals surface area contributed by atoms with Gasteiger partial charge in [0.15, 0.2) is 0 Å². The second-order valence-corrected chi connectivity index (χ2v) is 19.5. The van der Waals surface area contributed by atoms with Gasteiger partial charge in [-0.05, 0) is 118 Å². The van der Waals surface area contributed by atoms with Crippen molar-refractivity contribution in [2.75, 3.05) is 4.90 Å². The van der Waals surface area contributed by atoms with Crippen LogP contribution in [-0.2, 0) is 5.41 Å². The second-order valence-electron chi connectivity index (χ2n) is 19.5. The van der Waals surface area contributed by atoms with E-state index >= 15 is 0 Å². The van der Waals surface area contributed by atoms with Gasteiger partial charge in [0.1, 0.15) is 0 Å². The lowest BCUT2D eigenvalue weighted by atomic mass is 9.68. The van der Waals surface area contributed by atoms with Gasteiger partial charge in [-0.3, -0.25) is 0 Å². The molecule has 0 saturated heterocycles. The number of fused-ring (bicyclic) bond motifs is 7. The van der Waals surface area contributed by atoms with Crippen LogP contribution in [0.15, 0.2) is 297 Å². The molecule has 13 aromatic carbocycles. The standard InChI is InChI=1S/C73H49N/c1-5-22-50(23-6-1)52-40-43-54(44-41-52)60-47-46-59(49-66(60)53-25-7-2-8-26-53)74(72-64-35-18-16-33-62(64)61-32-15-17-34-63(61)70(72)56-45-42-51-24-13-14-27-55(51)48-56)69-39-21-38-68-71(69)65-36-19-20-37-67(65)73(68,57-28-9-3-10-29-57)58-30-11-4-12-31-58/h1-49H. The second kappa shape index (κ2) is 17.9. The van der Waals surface area contributed by atoms with Gasteiger partial charge in [0, 0.05) is 22.2 Å². The van der Waals surface area contributed by atoms with Gasteiger partial charge in [-0.1, -0.05) is 273 Å². The fourth-order valence-electron chi connectivity index (χ4n) is 12.3. The lowest BCUT2D eigenvalue weighted by Gasteiger charge is -2.35. The maximum atomic E-state index is 2.62. The fraction of sp³-hybridized carbons (Fsp3) is 0.0137. The van der Waals surface area contributed by atoms with Crippen LogP contribution >= 0.6 is 0 Å². The summed E-state index contributed by atoms with van der Waals surface area (Å²) in [6.45, 7) is 0. The molecule has 0 atom stereocenters. The van der Waals surface area contributed by atoms with Crippen molar-refractivity contribution < 1.29 is 0 Å². The third-order valence-corrected chi connectivity index (χ3v) is 15.5. The van der Waals surface area contributed by atoms with Gasteiger partial charge in [-0.25, -0.2) is 0 Å². The summed E-state index contributed by atoms with van der Waals surface area (Å²) < 4.78 is 0. The highest BCUT2D eigenvalue weighted by Crippen LogP contribution is 2.61.